The van der Waals surface area contributed by atoms with Crippen LogP contribution in [-0.2, 0) is 6.54 Å². The van der Waals surface area contributed by atoms with Gasteiger partial charge in [0.05, 0.1) is 12.7 Å². The quantitative estimate of drug-likeness (QED) is 0.574. The maximum Gasteiger partial charge on any atom is 0.251 e. The third-order valence-corrected chi connectivity index (χ3v) is 3.75. The van der Waals surface area contributed by atoms with E-state index in [9.17, 15) is 4.79 Å². The van der Waals surface area contributed by atoms with Gasteiger partial charge in [-0.3, -0.25) is 14.9 Å². The highest BCUT2D eigenvalue weighted by molar-refractivity contribution is 5.94. The number of rotatable bonds is 5. The summed E-state index contributed by atoms with van der Waals surface area (Å²) in [6, 6.07) is 10.7. The fourth-order valence-electron chi connectivity index (χ4n) is 2.41. The minimum absolute atomic E-state index is 0.198. The number of hydrogen-bond donors (Lipinski definition) is 2. The first-order valence-electron chi connectivity index (χ1n) is 7.88. The van der Waals surface area contributed by atoms with Gasteiger partial charge in [-0.05, 0) is 24.3 Å². The Morgan fingerprint density at radius 1 is 1.04 bits per heavy atom. The van der Waals surface area contributed by atoms with E-state index in [1.165, 1.54) is 6.39 Å². The zero-order valence-electron chi connectivity index (χ0n) is 13.6. The number of hydrogen-bond acceptors (Lipinski definition) is 6. The summed E-state index contributed by atoms with van der Waals surface area (Å²) in [6.45, 7) is 0.251. The first-order valence-corrected chi connectivity index (χ1v) is 7.88. The molecule has 2 N–H and O–H groups in total. The molecule has 0 unspecified atom stereocenters. The summed E-state index contributed by atoms with van der Waals surface area (Å²) < 4.78 is 5.23. The van der Waals surface area contributed by atoms with Crippen molar-refractivity contribution in [3.05, 3.63) is 72.8 Å². The van der Waals surface area contributed by atoms with Crippen LogP contribution in [0.25, 0.3) is 22.7 Å². The zero-order valence-corrected chi connectivity index (χ0v) is 13.6. The highest BCUT2D eigenvalue weighted by Gasteiger charge is 2.10. The van der Waals surface area contributed by atoms with Crippen LogP contribution in [0.2, 0.25) is 0 Å². The Bertz CT molecular complexity index is 994. The summed E-state index contributed by atoms with van der Waals surface area (Å²) in [5.74, 6) is 1.59. The SMILES string of the molecule is O=C(NCc1nc(-c2ccncc2)n[nH]1)c1ccc(-c2cnco2)cc1. The number of pyridine rings is 1. The van der Waals surface area contributed by atoms with Gasteiger partial charge in [-0.15, -0.1) is 0 Å². The van der Waals surface area contributed by atoms with E-state index in [0.29, 0.717) is 23.0 Å². The summed E-state index contributed by atoms with van der Waals surface area (Å²) in [5.41, 5.74) is 2.26. The highest BCUT2D eigenvalue weighted by atomic mass is 16.3. The van der Waals surface area contributed by atoms with E-state index in [4.69, 9.17) is 4.42 Å². The van der Waals surface area contributed by atoms with Gasteiger partial charge < -0.3 is 9.73 Å². The Labute approximate surface area is 148 Å². The third-order valence-electron chi connectivity index (χ3n) is 3.75. The van der Waals surface area contributed by atoms with Gasteiger partial charge in [0, 0.05) is 29.1 Å². The van der Waals surface area contributed by atoms with E-state index in [1.807, 2.05) is 24.3 Å². The molecule has 0 radical (unpaired) electrons. The highest BCUT2D eigenvalue weighted by Crippen LogP contribution is 2.19. The maximum atomic E-state index is 12.3. The topological polar surface area (TPSA) is 110 Å². The lowest BCUT2D eigenvalue weighted by molar-refractivity contribution is 0.0950. The van der Waals surface area contributed by atoms with E-state index in [-0.39, 0.29) is 12.5 Å². The van der Waals surface area contributed by atoms with Crippen molar-refractivity contribution in [2.24, 2.45) is 0 Å². The Balaban J connectivity index is 1.39. The van der Waals surface area contributed by atoms with Crippen LogP contribution in [0.4, 0.5) is 0 Å². The number of carbonyl (C=O) groups is 1. The molecule has 0 atom stereocenters. The zero-order chi connectivity index (χ0) is 17.8. The molecule has 4 rings (SSSR count). The van der Waals surface area contributed by atoms with E-state index in [2.05, 4.69) is 30.5 Å². The van der Waals surface area contributed by atoms with Gasteiger partial charge in [-0.1, -0.05) is 12.1 Å². The van der Waals surface area contributed by atoms with Crippen LogP contribution in [0.5, 0.6) is 0 Å². The van der Waals surface area contributed by atoms with Gasteiger partial charge >= 0.3 is 0 Å². The largest absolute Gasteiger partial charge is 0.444 e. The van der Waals surface area contributed by atoms with Crippen LogP contribution in [-0.4, -0.2) is 31.1 Å². The summed E-state index contributed by atoms with van der Waals surface area (Å²) in [5, 5.41) is 9.78. The van der Waals surface area contributed by atoms with Crippen molar-refractivity contribution in [2.75, 3.05) is 0 Å². The van der Waals surface area contributed by atoms with Gasteiger partial charge in [-0.2, -0.15) is 5.10 Å². The molecule has 0 saturated carbocycles. The first-order chi connectivity index (χ1) is 12.8. The number of oxazole rings is 1. The van der Waals surface area contributed by atoms with Crippen molar-refractivity contribution in [2.45, 2.75) is 6.54 Å². The van der Waals surface area contributed by atoms with Gasteiger partial charge in [0.2, 0.25) is 0 Å². The molecule has 3 heterocycles. The smallest absolute Gasteiger partial charge is 0.251 e. The minimum atomic E-state index is -0.198. The molecule has 0 fully saturated rings. The number of nitrogens with one attached hydrogen (secondary N) is 2. The molecule has 0 bridgehead atoms. The van der Waals surface area contributed by atoms with Crippen molar-refractivity contribution in [1.82, 2.24) is 30.5 Å². The number of carbonyl (C=O) groups excluding carboxylic acids is 1. The molecule has 0 aliphatic heterocycles. The standard InChI is InChI=1S/C18H14N6O2/c25-18(14-3-1-12(2-4-14)15-9-20-11-26-15)21-10-16-22-17(24-23-16)13-5-7-19-8-6-13/h1-9,11H,10H2,(H,21,25)(H,22,23,24). The molecule has 1 amide bonds. The lowest BCUT2D eigenvalue weighted by atomic mass is 10.1. The van der Waals surface area contributed by atoms with E-state index in [0.717, 1.165) is 11.1 Å². The fourth-order valence-corrected chi connectivity index (χ4v) is 2.41. The number of aromatic nitrogens is 5. The van der Waals surface area contributed by atoms with Crippen molar-refractivity contribution < 1.29 is 9.21 Å². The number of benzene rings is 1. The van der Waals surface area contributed by atoms with E-state index < -0.39 is 0 Å². The number of nitrogens with zero attached hydrogens (tertiary/aromatic N) is 4. The molecule has 0 spiro atoms. The van der Waals surface area contributed by atoms with Crippen LogP contribution < -0.4 is 5.32 Å². The Kier molecular flexibility index (Phi) is 4.21. The summed E-state index contributed by atoms with van der Waals surface area (Å²) in [7, 11) is 0. The maximum absolute atomic E-state index is 12.3. The van der Waals surface area contributed by atoms with Crippen LogP contribution in [0.1, 0.15) is 16.2 Å². The van der Waals surface area contributed by atoms with Gasteiger partial charge in [0.1, 0.15) is 5.82 Å². The molecule has 128 valence electrons. The van der Waals surface area contributed by atoms with E-state index >= 15 is 0 Å². The number of H-pyrrole nitrogens is 1. The molecule has 4 aromatic rings. The van der Waals surface area contributed by atoms with Gasteiger partial charge in [0.15, 0.2) is 18.0 Å². The molecule has 1 aromatic carbocycles. The Morgan fingerprint density at radius 3 is 2.58 bits per heavy atom. The van der Waals surface area contributed by atoms with Gasteiger partial charge in [-0.25, -0.2) is 9.97 Å². The summed E-state index contributed by atoms with van der Waals surface area (Å²) in [4.78, 5) is 24.5. The lowest BCUT2D eigenvalue weighted by Crippen LogP contribution is -2.23. The molecule has 0 saturated heterocycles. The normalized spacial score (nSPS) is 10.6. The monoisotopic (exact) mass is 346 g/mol. The predicted octanol–water partition coefficient (Wildman–Crippen LogP) is 2.45. The summed E-state index contributed by atoms with van der Waals surface area (Å²) in [6.07, 6.45) is 6.35. The number of aromatic amines is 1. The van der Waals surface area contributed by atoms with Crippen LogP contribution >= 0.6 is 0 Å². The molecule has 26 heavy (non-hydrogen) atoms. The second-order valence-corrected chi connectivity index (χ2v) is 5.47. The first kappa shape index (κ1) is 15.7. The Hall–Kier alpha value is -3.81. The average Bonchev–Trinajstić information content (AvgIpc) is 3.39. The molecule has 0 aliphatic rings. The van der Waals surface area contributed by atoms with Crippen LogP contribution in [0.3, 0.4) is 0 Å². The van der Waals surface area contributed by atoms with Crippen LogP contribution in [0.15, 0.2) is 65.8 Å². The lowest BCUT2D eigenvalue weighted by Gasteiger charge is -2.04. The Morgan fingerprint density at radius 2 is 1.85 bits per heavy atom. The second kappa shape index (κ2) is 6.98. The molecular formula is C18H14N6O2. The summed E-state index contributed by atoms with van der Waals surface area (Å²) >= 11 is 0. The van der Waals surface area contributed by atoms with E-state index in [1.54, 1.807) is 30.7 Å². The molecule has 0 aliphatic carbocycles. The molecule has 3 aromatic heterocycles. The second-order valence-electron chi connectivity index (χ2n) is 5.47. The fraction of sp³-hybridized carbons (Fsp3) is 0.0556. The number of amides is 1. The van der Waals surface area contributed by atoms with Gasteiger partial charge in [0.25, 0.3) is 5.91 Å². The average molecular weight is 346 g/mol. The minimum Gasteiger partial charge on any atom is -0.444 e. The van der Waals surface area contributed by atoms with Crippen molar-refractivity contribution >= 4 is 5.91 Å². The molecule has 8 nitrogen and oxygen atoms in total. The molecular weight excluding hydrogens is 332 g/mol. The third kappa shape index (κ3) is 3.34. The van der Waals surface area contributed by atoms with Crippen molar-refractivity contribution in [1.29, 1.82) is 0 Å². The van der Waals surface area contributed by atoms with Crippen molar-refractivity contribution in [3.8, 4) is 22.7 Å². The van der Waals surface area contributed by atoms with Crippen molar-refractivity contribution in [3.63, 3.8) is 0 Å². The van der Waals surface area contributed by atoms with Crippen LogP contribution in [0, 0.1) is 0 Å². The predicted molar refractivity (Wildman–Crippen MR) is 92.7 cm³/mol. The molecule has 8 heteroatoms.